The number of nitrogens with one attached hydrogen (secondary N) is 1. The molecule has 6 heteroatoms. The molecule has 1 aliphatic heterocycles. The Hall–Kier alpha value is -2.11. The molecular formula is C15H22N6. The topological polar surface area (TPSA) is 58.9 Å². The fourth-order valence-electron chi connectivity index (χ4n) is 2.67. The van der Waals surface area contributed by atoms with Crippen LogP contribution < -0.4 is 10.2 Å². The average Bonchev–Trinajstić information content (AvgIpc) is 3.18. The first-order valence-corrected chi connectivity index (χ1v) is 7.71. The molecule has 0 bridgehead atoms. The maximum atomic E-state index is 4.01. The Bertz CT molecular complexity index is 556. The van der Waals surface area contributed by atoms with E-state index in [1.54, 1.807) is 4.68 Å². The third-order valence-electron chi connectivity index (χ3n) is 3.83. The molecule has 0 aliphatic carbocycles. The minimum absolute atomic E-state index is 0.737. The van der Waals surface area contributed by atoms with Crippen molar-refractivity contribution in [2.45, 2.75) is 39.3 Å². The molecule has 21 heavy (non-hydrogen) atoms. The predicted octanol–water partition coefficient (Wildman–Crippen LogP) is 2.30. The average molecular weight is 286 g/mol. The lowest BCUT2D eigenvalue weighted by atomic mass is 10.2. The van der Waals surface area contributed by atoms with Crippen molar-refractivity contribution in [1.82, 2.24) is 20.2 Å². The Morgan fingerprint density at radius 2 is 1.90 bits per heavy atom. The Kier molecular flexibility index (Phi) is 4.33. The molecule has 1 N–H and O–H groups in total. The zero-order valence-corrected chi connectivity index (χ0v) is 12.5. The highest BCUT2D eigenvalue weighted by Gasteiger charge is 2.11. The fraction of sp³-hybridized carbons (Fsp3) is 0.533. The maximum absolute atomic E-state index is 4.01. The van der Waals surface area contributed by atoms with Crippen molar-refractivity contribution in [3.8, 4) is 0 Å². The van der Waals surface area contributed by atoms with Crippen molar-refractivity contribution < 1.29 is 0 Å². The number of hydrogen-bond donors (Lipinski definition) is 1. The van der Waals surface area contributed by atoms with Gasteiger partial charge in [0.05, 0.1) is 0 Å². The van der Waals surface area contributed by atoms with E-state index >= 15 is 0 Å². The monoisotopic (exact) mass is 286 g/mol. The van der Waals surface area contributed by atoms with E-state index in [-0.39, 0.29) is 0 Å². The van der Waals surface area contributed by atoms with Gasteiger partial charge in [0.25, 0.3) is 0 Å². The van der Waals surface area contributed by atoms with E-state index in [0.717, 1.165) is 25.5 Å². The van der Waals surface area contributed by atoms with Gasteiger partial charge in [-0.3, -0.25) is 0 Å². The lowest BCUT2D eigenvalue weighted by molar-refractivity contribution is 0.582. The van der Waals surface area contributed by atoms with Crippen LogP contribution in [0.3, 0.4) is 0 Å². The van der Waals surface area contributed by atoms with Gasteiger partial charge in [-0.1, -0.05) is 24.2 Å². The van der Waals surface area contributed by atoms with Crippen LogP contribution in [0.25, 0.3) is 0 Å². The van der Waals surface area contributed by atoms with Gasteiger partial charge >= 0.3 is 0 Å². The Balaban J connectivity index is 1.58. The first kappa shape index (κ1) is 13.9. The molecule has 0 atom stereocenters. The molecule has 2 heterocycles. The molecule has 3 rings (SSSR count). The summed E-state index contributed by atoms with van der Waals surface area (Å²) >= 11 is 0. The molecule has 0 unspecified atom stereocenters. The van der Waals surface area contributed by atoms with Gasteiger partial charge in [-0.2, -0.15) is 0 Å². The number of hydrogen-bond acceptors (Lipinski definition) is 5. The number of anilines is 2. The van der Waals surface area contributed by atoms with E-state index in [0.29, 0.717) is 0 Å². The van der Waals surface area contributed by atoms with Crippen LogP contribution in [-0.4, -0.2) is 33.3 Å². The van der Waals surface area contributed by atoms with Crippen LogP contribution in [0, 0.1) is 0 Å². The standard InChI is InChI=1S/C15H22N6/c1-2-9-21-15(17-18-19-21)16-12-13-5-7-14(8-6-13)20-10-3-4-11-20/h5-8H,2-4,9-12H2,1H3,(H,16,17,19). The molecular weight excluding hydrogens is 264 g/mol. The van der Waals surface area contributed by atoms with Crippen molar-refractivity contribution in [2.24, 2.45) is 0 Å². The third kappa shape index (κ3) is 3.32. The molecule has 0 amide bonds. The Morgan fingerprint density at radius 3 is 2.62 bits per heavy atom. The maximum Gasteiger partial charge on any atom is 0.243 e. The molecule has 0 saturated carbocycles. The summed E-state index contributed by atoms with van der Waals surface area (Å²) in [6.45, 7) is 6.06. The van der Waals surface area contributed by atoms with Gasteiger partial charge in [0.2, 0.25) is 5.95 Å². The molecule has 1 saturated heterocycles. The van der Waals surface area contributed by atoms with E-state index in [2.05, 4.69) is 56.9 Å². The van der Waals surface area contributed by atoms with E-state index in [4.69, 9.17) is 0 Å². The molecule has 0 radical (unpaired) electrons. The molecule has 1 aromatic heterocycles. The molecule has 1 fully saturated rings. The zero-order chi connectivity index (χ0) is 14.5. The number of nitrogens with zero attached hydrogens (tertiary/aromatic N) is 5. The molecule has 0 spiro atoms. The third-order valence-corrected chi connectivity index (χ3v) is 3.83. The zero-order valence-electron chi connectivity index (χ0n) is 12.5. The van der Waals surface area contributed by atoms with Crippen LogP contribution in [0.2, 0.25) is 0 Å². The summed E-state index contributed by atoms with van der Waals surface area (Å²) in [6, 6.07) is 8.76. The van der Waals surface area contributed by atoms with Crippen molar-refractivity contribution in [3.63, 3.8) is 0 Å². The van der Waals surface area contributed by atoms with Crippen molar-refractivity contribution in [2.75, 3.05) is 23.3 Å². The highest BCUT2D eigenvalue weighted by Crippen LogP contribution is 2.20. The van der Waals surface area contributed by atoms with E-state index in [9.17, 15) is 0 Å². The minimum Gasteiger partial charge on any atom is -0.372 e. The minimum atomic E-state index is 0.737. The van der Waals surface area contributed by atoms with Crippen LogP contribution in [0.1, 0.15) is 31.7 Å². The van der Waals surface area contributed by atoms with Crippen LogP contribution in [0.4, 0.5) is 11.6 Å². The number of benzene rings is 1. The lowest BCUT2D eigenvalue weighted by Crippen LogP contribution is -2.17. The number of aromatic nitrogens is 4. The van der Waals surface area contributed by atoms with Crippen LogP contribution >= 0.6 is 0 Å². The first-order valence-electron chi connectivity index (χ1n) is 7.71. The van der Waals surface area contributed by atoms with Crippen LogP contribution in [0.5, 0.6) is 0 Å². The normalized spacial score (nSPS) is 14.6. The summed E-state index contributed by atoms with van der Waals surface area (Å²) in [5.41, 5.74) is 2.57. The van der Waals surface area contributed by atoms with Crippen molar-refractivity contribution >= 4 is 11.6 Å². The SMILES string of the molecule is CCCn1nnnc1NCc1ccc(N2CCCC2)cc1. The molecule has 1 aromatic carbocycles. The van der Waals surface area contributed by atoms with Gasteiger partial charge in [-0.25, -0.2) is 4.68 Å². The van der Waals surface area contributed by atoms with Crippen LogP contribution in [0.15, 0.2) is 24.3 Å². The van der Waals surface area contributed by atoms with Crippen LogP contribution in [-0.2, 0) is 13.1 Å². The second kappa shape index (κ2) is 6.56. The molecule has 112 valence electrons. The van der Waals surface area contributed by atoms with E-state index in [1.807, 2.05) is 0 Å². The summed E-state index contributed by atoms with van der Waals surface area (Å²) in [6.07, 6.45) is 3.64. The number of rotatable bonds is 6. The summed E-state index contributed by atoms with van der Waals surface area (Å²) in [4.78, 5) is 2.44. The quantitative estimate of drug-likeness (QED) is 0.883. The summed E-state index contributed by atoms with van der Waals surface area (Å²) in [5, 5.41) is 15.0. The highest BCUT2D eigenvalue weighted by molar-refractivity contribution is 5.48. The largest absolute Gasteiger partial charge is 0.372 e. The Morgan fingerprint density at radius 1 is 1.14 bits per heavy atom. The van der Waals surface area contributed by atoms with Gasteiger partial charge in [0.15, 0.2) is 0 Å². The lowest BCUT2D eigenvalue weighted by Gasteiger charge is -2.17. The molecule has 1 aliphatic rings. The highest BCUT2D eigenvalue weighted by atomic mass is 15.6. The van der Waals surface area contributed by atoms with E-state index < -0.39 is 0 Å². The second-order valence-corrected chi connectivity index (χ2v) is 5.44. The summed E-state index contributed by atoms with van der Waals surface area (Å²) in [7, 11) is 0. The molecule has 2 aromatic rings. The van der Waals surface area contributed by atoms with Gasteiger partial charge < -0.3 is 10.2 Å². The predicted molar refractivity (Wildman–Crippen MR) is 83.3 cm³/mol. The first-order chi connectivity index (χ1) is 10.4. The Labute approximate surface area is 125 Å². The van der Waals surface area contributed by atoms with Crippen molar-refractivity contribution in [1.29, 1.82) is 0 Å². The second-order valence-electron chi connectivity index (χ2n) is 5.44. The fourth-order valence-corrected chi connectivity index (χ4v) is 2.67. The van der Waals surface area contributed by atoms with Gasteiger partial charge in [0, 0.05) is 31.9 Å². The summed E-state index contributed by atoms with van der Waals surface area (Å²) in [5.74, 6) is 0.737. The number of aryl methyl sites for hydroxylation is 1. The van der Waals surface area contributed by atoms with E-state index in [1.165, 1.54) is 37.2 Å². The van der Waals surface area contributed by atoms with Gasteiger partial charge in [-0.05, 0) is 47.4 Å². The van der Waals surface area contributed by atoms with Gasteiger partial charge in [0.1, 0.15) is 0 Å². The molecule has 6 nitrogen and oxygen atoms in total. The summed E-state index contributed by atoms with van der Waals surface area (Å²) < 4.78 is 1.80. The van der Waals surface area contributed by atoms with Crippen molar-refractivity contribution in [3.05, 3.63) is 29.8 Å². The number of tetrazole rings is 1. The van der Waals surface area contributed by atoms with Gasteiger partial charge in [-0.15, -0.1) is 0 Å². The smallest absolute Gasteiger partial charge is 0.243 e.